The van der Waals surface area contributed by atoms with Crippen LogP contribution in [-0.2, 0) is 4.57 Å². The first-order valence-corrected chi connectivity index (χ1v) is 8.89. The van der Waals surface area contributed by atoms with Crippen molar-refractivity contribution in [2.45, 2.75) is 25.9 Å². The molecule has 0 bridgehead atoms. The summed E-state index contributed by atoms with van der Waals surface area (Å²) < 4.78 is 23.5. The van der Waals surface area contributed by atoms with Crippen LogP contribution in [0.2, 0.25) is 0 Å². The van der Waals surface area contributed by atoms with Gasteiger partial charge in [0.25, 0.3) is 0 Å². The molecule has 0 amide bonds. The molecule has 0 saturated heterocycles. The molecule has 0 saturated carbocycles. The summed E-state index contributed by atoms with van der Waals surface area (Å²) in [4.78, 5) is 13.2. The van der Waals surface area contributed by atoms with Crippen LogP contribution in [0, 0.1) is 0 Å². The average molecular weight is 345 g/mol. The van der Waals surface area contributed by atoms with Gasteiger partial charge in [-0.3, -0.25) is 9.36 Å². The Hall–Kier alpha value is -2.19. The van der Waals surface area contributed by atoms with E-state index < -0.39 is 13.0 Å². The minimum Gasteiger partial charge on any atom is -0.496 e. The molecular formula is C19H22O4P. The molecule has 4 nitrogen and oxygen atoms in total. The van der Waals surface area contributed by atoms with Gasteiger partial charge in [0.15, 0.2) is 0 Å². The van der Waals surface area contributed by atoms with Crippen molar-refractivity contribution in [3.63, 3.8) is 0 Å². The van der Waals surface area contributed by atoms with E-state index in [0.29, 0.717) is 27.9 Å². The van der Waals surface area contributed by atoms with Crippen LogP contribution in [0.1, 0.15) is 36.7 Å². The zero-order chi connectivity index (χ0) is 17.9. The number of carbonyl (C=O) groups is 1. The van der Waals surface area contributed by atoms with Gasteiger partial charge in [0.05, 0.1) is 14.2 Å². The number of ketones is 1. The van der Waals surface area contributed by atoms with Gasteiger partial charge in [0.1, 0.15) is 24.9 Å². The minimum absolute atomic E-state index is 0.257. The van der Waals surface area contributed by atoms with Gasteiger partial charge >= 0.3 is 0 Å². The van der Waals surface area contributed by atoms with Crippen molar-refractivity contribution in [1.82, 2.24) is 0 Å². The molecule has 0 heterocycles. The molecule has 5 heteroatoms. The van der Waals surface area contributed by atoms with E-state index in [-0.39, 0.29) is 5.78 Å². The molecule has 0 aliphatic heterocycles. The zero-order valence-corrected chi connectivity index (χ0v) is 15.5. The lowest BCUT2D eigenvalue weighted by Gasteiger charge is -2.20. The molecular weight excluding hydrogens is 323 g/mol. The van der Waals surface area contributed by atoms with Gasteiger partial charge in [-0.2, -0.15) is 0 Å². The van der Waals surface area contributed by atoms with Gasteiger partial charge < -0.3 is 9.47 Å². The molecule has 2 aromatic carbocycles. The van der Waals surface area contributed by atoms with Crippen LogP contribution in [0.5, 0.6) is 11.5 Å². The highest BCUT2D eigenvalue weighted by Gasteiger charge is 2.28. The van der Waals surface area contributed by atoms with Gasteiger partial charge in [0.2, 0.25) is 5.78 Å². The van der Waals surface area contributed by atoms with Crippen LogP contribution >= 0.6 is 7.80 Å². The number of ether oxygens (including phenoxy) is 2. The Kier molecular flexibility index (Phi) is 5.40. The van der Waals surface area contributed by atoms with E-state index in [1.807, 2.05) is 20.8 Å². The van der Waals surface area contributed by atoms with Crippen LogP contribution in [0.3, 0.4) is 0 Å². The summed E-state index contributed by atoms with van der Waals surface area (Å²) in [5.41, 5.74) is 0.753. The topological polar surface area (TPSA) is 52.6 Å². The first-order valence-electron chi connectivity index (χ1n) is 7.63. The quantitative estimate of drug-likeness (QED) is 0.602. The van der Waals surface area contributed by atoms with Gasteiger partial charge in [-0.25, -0.2) is 0 Å². The third-order valence-electron chi connectivity index (χ3n) is 3.63. The third-order valence-corrected chi connectivity index (χ3v) is 5.68. The standard InChI is InChI=1S/C19H22O4P/c1-19(2,3)24(21)16-12-7-6-9-13(16)18(20)17-14(22-4)10-8-11-15(17)23-5/h6-12H,1-5H3. The van der Waals surface area contributed by atoms with Crippen molar-refractivity contribution < 1.29 is 18.8 Å². The van der Waals surface area contributed by atoms with Crippen LogP contribution in [0.4, 0.5) is 0 Å². The SMILES string of the molecule is COc1cccc(OC)c1C(=O)c1ccccc1[P](=O)C(C)(C)C. The van der Waals surface area contributed by atoms with Crippen LogP contribution in [0.15, 0.2) is 42.5 Å². The van der Waals surface area contributed by atoms with E-state index in [0.717, 1.165) is 0 Å². The molecule has 0 aliphatic carbocycles. The van der Waals surface area contributed by atoms with Gasteiger partial charge in [-0.05, 0) is 45.0 Å². The fourth-order valence-corrected chi connectivity index (χ4v) is 3.75. The molecule has 0 aromatic heterocycles. The monoisotopic (exact) mass is 345 g/mol. The second-order valence-electron chi connectivity index (χ2n) is 6.35. The molecule has 2 aromatic rings. The van der Waals surface area contributed by atoms with Gasteiger partial charge in [-0.15, -0.1) is 0 Å². The Morgan fingerprint density at radius 2 is 1.46 bits per heavy atom. The normalized spacial score (nSPS) is 11.8. The van der Waals surface area contributed by atoms with Crippen LogP contribution < -0.4 is 14.8 Å². The predicted octanol–water partition coefficient (Wildman–Crippen LogP) is 4.19. The summed E-state index contributed by atoms with van der Waals surface area (Å²) in [6.45, 7) is 5.70. The molecule has 0 aliphatic rings. The third kappa shape index (κ3) is 3.49. The van der Waals surface area contributed by atoms with E-state index in [2.05, 4.69) is 0 Å². The Bertz CT molecular complexity index is 753. The smallest absolute Gasteiger partial charge is 0.201 e. The average Bonchev–Trinajstić information content (AvgIpc) is 2.58. The van der Waals surface area contributed by atoms with Crippen molar-refractivity contribution >= 4 is 18.9 Å². The Balaban J connectivity index is 2.63. The summed E-state index contributed by atoms with van der Waals surface area (Å²) in [5.74, 6) is 0.604. The lowest BCUT2D eigenvalue weighted by molar-refractivity contribution is 0.103. The maximum Gasteiger partial charge on any atom is 0.201 e. The number of hydrogen-bond acceptors (Lipinski definition) is 4. The van der Waals surface area contributed by atoms with Crippen LogP contribution in [-0.4, -0.2) is 25.2 Å². The van der Waals surface area contributed by atoms with Gasteiger partial charge in [0, 0.05) is 16.0 Å². The zero-order valence-electron chi connectivity index (χ0n) is 14.6. The summed E-state index contributed by atoms with van der Waals surface area (Å²) >= 11 is 0. The largest absolute Gasteiger partial charge is 0.496 e. The molecule has 24 heavy (non-hydrogen) atoms. The summed E-state index contributed by atoms with van der Waals surface area (Å²) in [7, 11) is 1.27. The van der Waals surface area contributed by atoms with Crippen molar-refractivity contribution in [2.75, 3.05) is 14.2 Å². The Labute approximate surface area is 143 Å². The second kappa shape index (κ2) is 7.14. The molecule has 1 atom stereocenters. The van der Waals surface area contributed by atoms with Crippen molar-refractivity contribution in [1.29, 1.82) is 0 Å². The lowest BCUT2D eigenvalue weighted by Crippen LogP contribution is -2.21. The first-order chi connectivity index (χ1) is 11.3. The predicted molar refractivity (Wildman–Crippen MR) is 96.4 cm³/mol. The fourth-order valence-electron chi connectivity index (χ4n) is 2.41. The fraction of sp³-hybridized carbons (Fsp3) is 0.316. The molecule has 1 unspecified atom stereocenters. The molecule has 1 radical (unpaired) electrons. The van der Waals surface area contributed by atoms with Gasteiger partial charge in [-0.1, -0.05) is 18.2 Å². The van der Waals surface area contributed by atoms with E-state index in [1.165, 1.54) is 14.2 Å². The summed E-state index contributed by atoms with van der Waals surface area (Å²) in [5, 5.41) is 0.120. The molecule has 2 rings (SSSR count). The van der Waals surface area contributed by atoms with Crippen molar-refractivity contribution in [2.24, 2.45) is 0 Å². The minimum atomic E-state index is -1.74. The number of methoxy groups -OCH3 is 2. The number of rotatable bonds is 5. The van der Waals surface area contributed by atoms with E-state index in [4.69, 9.17) is 9.47 Å². The first kappa shape index (κ1) is 18.2. The number of benzene rings is 2. The number of carbonyl (C=O) groups excluding carboxylic acids is 1. The van der Waals surface area contributed by atoms with E-state index in [9.17, 15) is 9.36 Å². The summed E-state index contributed by atoms with van der Waals surface area (Å²) in [6, 6.07) is 12.2. The Morgan fingerprint density at radius 1 is 0.917 bits per heavy atom. The van der Waals surface area contributed by atoms with Crippen molar-refractivity contribution in [3.8, 4) is 11.5 Å². The highest BCUT2D eigenvalue weighted by Crippen LogP contribution is 2.39. The molecule has 0 N–H and O–H groups in total. The van der Waals surface area contributed by atoms with Crippen molar-refractivity contribution in [3.05, 3.63) is 53.6 Å². The van der Waals surface area contributed by atoms with E-state index >= 15 is 0 Å². The van der Waals surface area contributed by atoms with E-state index in [1.54, 1.807) is 42.5 Å². The second-order valence-corrected chi connectivity index (χ2v) is 8.76. The highest BCUT2D eigenvalue weighted by molar-refractivity contribution is 7.55. The Morgan fingerprint density at radius 3 is 1.96 bits per heavy atom. The molecule has 127 valence electrons. The highest BCUT2D eigenvalue weighted by atomic mass is 31.1. The maximum absolute atomic E-state index is 13.2. The number of hydrogen-bond donors (Lipinski definition) is 0. The summed E-state index contributed by atoms with van der Waals surface area (Å²) in [6.07, 6.45) is 0. The van der Waals surface area contributed by atoms with Crippen LogP contribution in [0.25, 0.3) is 0 Å². The molecule has 0 fully saturated rings. The lowest BCUT2D eigenvalue weighted by atomic mass is 10.0. The molecule has 0 spiro atoms. The maximum atomic E-state index is 13.2.